The van der Waals surface area contributed by atoms with Crippen molar-refractivity contribution in [3.8, 4) is 23.4 Å². The van der Waals surface area contributed by atoms with Gasteiger partial charge in [0.2, 0.25) is 0 Å². The zero-order chi connectivity index (χ0) is 22.0. The molecule has 2 aromatic heterocycles. The van der Waals surface area contributed by atoms with E-state index in [9.17, 15) is 0 Å². The van der Waals surface area contributed by atoms with Gasteiger partial charge in [0.1, 0.15) is 0 Å². The first-order valence-corrected chi connectivity index (χ1v) is 10.7. The van der Waals surface area contributed by atoms with E-state index in [1.165, 1.54) is 0 Å². The third-order valence-electron chi connectivity index (χ3n) is 5.46. The highest BCUT2D eigenvalue weighted by atomic mass is 16.6. The molecule has 6 nitrogen and oxygen atoms in total. The molecule has 0 aliphatic rings. The fourth-order valence-electron chi connectivity index (χ4n) is 3.99. The Kier molecular flexibility index (Phi) is 4.77. The summed E-state index contributed by atoms with van der Waals surface area (Å²) in [6.07, 6.45) is 0. The van der Waals surface area contributed by atoms with Crippen LogP contribution in [0.4, 0.5) is 0 Å². The Labute approximate surface area is 191 Å². The molecule has 33 heavy (non-hydrogen) atoms. The van der Waals surface area contributed by atoms with Crippen LogP contribution in [0.5, 0.6) is 12.0 Å². The van der Waals surface area contributed by atoms with Crippen LogP contribution in [-0.4, -0.2) is 26.8 Å². The van der Waals surface area contributed by atoms with Crippen LogP contribution >= 0.6 is 0 Å². The molecule has 0 aliphatic carbocycles. The summed E-state index contributed by atoms with van der Waals surface area (Å²) in [6, 6.07) is 36.9. The number of benzene rings is 4. The minimum absolute atomic E-state index is 0.0354. The maximum absolute atomic E-state index is 6.04. The van der Waals surface area contributed by atoms with E-state index in [1.54, 1.807) is 0 Å². The van der Waals surface area contributed by atoms with Gasteiger partial charge in [-0.3, -0.25) is 9.13 Å². The van der Waals surface area contributed by atoms with Gasteiger partial charge in [-0.05, 0) is 48.5 Å². The first-order chi connectivity index (χ1) is 16.4. The van der Waals surface area contributed by atoms with Gasteiger partial charge in [0.25, 0.3) is 12.0 Å². The molecule has 0 atom stereocenters. The smallest absolute Gasteiger partial charge is 0.501 e. The average molecular weight is 430 g/mol. The van der Waals surface area contributed by atoms with Crippen molar-refractivity contribution in [1.29, 1.82) is 0 Å². The van der Waals surface area contributed by atoms with E-state index in [2.05, 4.69) is 9.97 Å². The highest BCUT2D eigenvalue weighted by molar-refractivity contribution is 6.20. The Hall–Kier alpha value is -4.52. The van der Waals surface area contributed by atoms with E-state index in [0.29, 0.717) is 12.0 Å². The molecule has 0 unspecified atom stereocenters. The average Bonchev–Trinajstić information content (AvgIpc) is 3.43. The summed E-state index contributed by atoms with van der Waals surface area (Å²) in [4.78, 5) is 9.35. The molecule has 0 bridgehead atoms. The van der Waals surface area contributed by atoms with Crippen LogP contribution in [0.3, 0.4) is 0 Å². The lowest BCUT2D eigenvalue weighted by Gasteiger charge is -2.12. The molecular formula is C26H19BN4O2. The van der Waals surface area contributed by atoms with E-state index >= 15 is 0 Å². The van der Waals surface area contributed by atoms with Crippen molar-refractivity contribution in [2.75, 3.05) is 0 Å². The number of nitrogens with zero attached hydrogens (tertiary/aromatic N) is 4. The topological polar surface area (TPSA) is 54.1 Å². The summed E-state index contributed by atoms with van der Waals surface area (Å²) < 4.78 is 16.1. The van der Waals surface area contributed by atoms with E-state index in [4.69, 9.17) is 9.31 Å². The third kappa shape index (κ3) is 3.49. The molecule has 0 N–H and O–H groups in total. The number of hydrogen-bond donors (Lipinski definition) is 0. The second-order valence-corrected chi connectivity index (χ2v) is 7.51. The molecule has 0 fully saturated rings. The molecule has 6 aromatic rings. The van der Waals surface area contributed by atoms with Gasteiger partial charge in [0, 0.05) is 0 Å². The van der Waals surface area contributed by atoms with Crippen LogP contribution in [0.25, 0.3) is 33.4 Å². The molecule has 0 amide bonds. The highest BCUT2D eigenvalue weighted by Gasteiger charge is 2.17. The third-order valence-corrected chi connectivity index (χ3v) is 5.46. The first-order valence-electron chi connectivity index (χ1n) is 10.7. The minimum atomic E-state index is -0.0354. The van der Waals surface area contributed by atoms with E-state index in [0.717, 1.165) is 33.4 Å². The predicted octanol–water partition coefficient (Wildman–Crippen LogP) is 5.09. The highest BCUT2D eigenvalue weighted by Crippen LogP contribution is 2.28. The van der Waals surface area contributed by atoms with Gasteiger partial charge in [-0.15, -0.1) is 0 Å². The number of para-hydroxylation sites is 6. The molecule has 158 valence electrons. The molecule has 0 saturated heterocycles. The van der Waals surface area contributed by atoms with Gasteiger partial charge < -0.3 is 9.31 Å². The summed E-state index contributed by atoms with van der Waals surface area (Å²) in [6.45, 7) is 0. The van der Waals surface area contributed by atoms with Gasteiger partial charge in [-0.1, -0.05) is 60.7 Å². The zero-order valence-corrected chi connectivity index (χ0v) is 17.7. The molecule has 0 saturated carbocycles. The lowest BCUT2D eigenvalue weighted by Crippen LogP contribution is -2.16. The number of imidazole rings is 2. The quantitative estimate of drug-likeness (QED) is 0.346. The molecule has 0 radical (unpaired) electrons. The summed E-state index contributed by atoms with van der Waals surface area (Å²) in [5.74, 6) is 0. The van der Waals surface area contributed by atoms with Gasteiger partial charge >= 0.3 is 7.69 Å². The van der Waals surface area contributed by atoms with Crippen LogP contribution in [0.15, 0.2) is 109 Å². The molecule has 4 aromatic carbocycles. The Morgan fingerprint density at radius 1 is 0.485 bits per heavy atom. The van der Waals surface area contributed by atoms with Crippen molar-refractivity contribution >= 4 is 29.8 Å². The number of hydrogen-bond acceptors (Lipinski definition) is 4. The first kappa shape index (κ1) is 19.2. The Balaban J connectivity index is 1.34. The van der Waals surface area contributed by atoms with Crippen LogP contribution in [0.1, 0.15) is 0 Å². The predicted molar refractivity (Wildman–Crippen MR) is 131 cm³/mol. The fourth-order valence-corrected chi connectivity index (χ4v) is 3.99. The van der Waals surface area contributed by atoms with Crippen molar-refractivity contribution in [3.63, 3.8) is 0 Å². The summed E-state index contributed by atoms with van der Waals surface area (Å²) in [5.41, 5.74) is 5.58. The number of aromatic nitrogens is 4. The van der Waals surface area contributed by atoms with Crippen LogP contribution < -0.4 is 9.31 Å². The largest absolute Gasteiger partial charge is 0.580 e. The van der Waals surface area contributed by atoms with Gasteiger partial charge in [0.05, 0.1) is 33.4 Å². The molecule has 6 rings (SSSR count). The van der Waals surface area contributed by atoms with Crippen LogP contribution in [0, 0.1) is 0 Å². The van der Waals surface area contributed by atoms with Crippen molar-refractivity contribution < 1.29 is 9.31 Å². The minimum Gasteiger partial charge on any atom is -0.501 e. The van der Waals surface area contributed by atoms with E-state index in [-0.39, 0.29) is 7.69 Å². The molecule has 2 heterocycles. The van der Waals surface area contributed by atoms with Crippen LogP contribution in [0.2, 0.25) is 0 Å². The molecular weight excluding hydrogens is 411 g/mol. The van der Waals surface area contributed by atoms with E-state index in [1.807, 2.05) is 118 Å². The van der Waals surface area contributed by atoms with Gasteiger partial charge in [0.15, 0.2) is 0 Å². The Morgan fingerprint density at radius 3 is 1.33 bits per heavy atom. The summed E-state index contributed by atoms with van der Waals surface area (Å²) in [7, 11) is -0.0354. The van der Waals surface area contributed by atoms with Crippen LogP contribution in [-0.2, 0) is 0 Å². The lowest BCUT2D eigenvalue weighted by atomic mass is 10.3. The monoisotopic (exact) mass is 430 g/mol. The number of rotatable bonds is 6. The molecule has 7 heteroatoms. The second kappa shape index (κ2) is 8.20. The number of fused-ring (bicyclic) bond motifs is 2. The van der Waals surface area contributed by atoms with E-state index < -0.39 is 0 Å². The van der Waals surface area contributed by atoms with Crippen molar-refractivity contribution in [1.82, 2.24) is 19.1 Å². The van der Waals surface area contributed by atoms with Crippen molar-refractivity contribution in [2.45, 2.75) is 0 Å². The molecule has 0 spiro atoms. The van der Waals surface area contributed by atoms with Gasteiger partial charge in [-0.2, -0.15) is 9.97 Å². The zero-order valence-electron chi connectivity index (χ0n) is 17.7. The summed E-state index contributed by atoms with van der Waals surface area (Å²) in [5, 5.41) is 0. The SMILES string of the molecule is B(Oc1nc2ccccc2n1-c1ccccc1)Oc1nc2ccccc2n1-c1ccccc1. The standard InChI is InChI=1S/C26H19BN4O2/c1-3-11-19(12-4-1)30-23-17-9-7-15-21(23)28-25(30)32-27-33-26-29-22-16-8-10-18-24(22)31(26)20-13-5-2-6-14-20/h1-18,27H. The maximum atomic E-state index is 6.04. The Bertz CT molecular complexity index is 1430. The Morgan fingerprint density at radius 2 is 0.879 bits per heavy atom. The van der Waals surface area contributed by atoms with Crippen molar-refractivity contribution in [2.24, 2.45) is 0 Å². The van der Waals surface area contributed by atoms with Gasteiger partial charge in [-0.25, -0.2) is 0 Å². The lowest BCUT2D eigenvalue weighted by molar-refractivity contribution is 0.413. The maximum Gasteiger partial charge on any atom is 0.580 e. The van der Waals surface area contributed by atoms with Crippen molar-refractivity contribution in [3.05, 3.63) is 109 Å². The normalized spacial score (nSPS) is 11.0. The summed E-state index contributed by atoms with van der Waals surface area (Å²) >= 11 is 0. The fraction of sp³-hybridized carbons (Fsp3) is 0. The molecule has 0 aliphatic heterocycles. The second-order valence-electron chi connectivity index (χ2n) is 7.51.